The van der Waals surface area contributed by atoms with Crippen LogP contribution in [-0.2, 0) is 9.53 Å². The zero-order valence-electron chi connectivity index (χ0n) is 14.8. The molecule has 2 aliphatic rings. The Balaban J connectivity index is 1.52. The largest absolute Gasteiger partial charge is 0.456 e. The van der Waals surface area contributed by atoms with Crippen LogP contribution in [-0.4, -0.2) is 43.4 Å². The second-order valence-electron chi connectivity index (χ2n) is 6.98. The minimum absolute atomic E-state index is 0.223. The van der Waals surface area contributed by atoms with E-state index in [1.807, 2.05) is 31.3 Å². The van der Waals surface area contributed by atoms with Crippen molar-refractivity contribution in [3.8, 4) is 0 Å². The van der Waals surface area contributed by atoms with Crippen molar-refractivity contribution in [1.29, 1.82) is 0 Å². The molecule has 138 valence electrons. The molecule has 0 radical (unpaired) electrons. The predicted octanol–water partition coefficient (Wildman–Crippen LogP) is 2.34. The Hall–Kier alpha value is -3.36. The van der Waals surface area contributed by atoms with E-state index in [2.05, 4.69) is 32.2 Å². The van der Waals surface area contributed by atoms with Crippen molar-refractivity contribution >= 4 is 29.1 Å². The summed E-state index contributed by atoms with van der Waals surface area (Å²) in [5, 5.41) is 15.2. The maximum Gasteiger partial charge on any atom is 0.354 e. The first-order valence-electron chi connectivity index (χ1n) is 8.93. The highest BCUT2D eigenvalue weighted by Gasteiger charge is 2.31. The molecular formula is C18H19N7O2. The van der Waals surface area contributed by atoms with Crippen molar-refractivity contribution in [2.24, 2.45) is 0 Å². The average molecular weight is 365 g/mol. The number of anilines is 3. The van der Waals surface area contributed by atoms with Gasteiger partial charge in [-0.05, 0) is 31.9 Å². The molecular weight excluding hydrogens is 346 g/mol. The van der Waals surface area contributed by atoms with Gasteiger partial charge in [-0.25, -0.2) is 9.31 Å². The number of aromatic amines is 1. The van der Waals surface area contributed by atoms with Gasteiger partial charge in [0.2, 0.25) is 5.95 Å². The average Bonchev–Trinajstić information content (AvgIpc) is 3.19. The Morgan fingerprint density at radius 1 is 1.41 bits per heavy atom. The normalized spacial score (nSPS) is 20.2. The Bertz CT molecular complexity index is 1050. The van der Waals surface area contributed by atoms with Crippen molar-refractivity contribution in [2.75, 3.05) is 16.8 Å². The molecule has 0 bridgehead atoms. The molecule has 27 heavy (non-hydrogen) atoms. The van der Waals surface area contributed by atoms with Gasteiger partial charge in [0, 0.05) is 23.9 Å². The Morgan fingerprint density at radius 2 is 2.26 bits per heavy atom. The van der Waals surface area contributed by atoms with Gasteiger partial charge in [0.25, 0.3) is 0 Å². The lowest BCUT2D eigenvalue weighted by atomic mass is 10.2. The maximum absolute atomic E-state index is 12.0. The fraction of sp³-hybridized carbons (Fsp3) is 0.333. The van der Waals surface area contributed by atoms with E-state index >= 15 is 0 Å². The lowest BCUT2D eigenvalue weighted by Crippen LogP contribution is -2.43. The Kier molecular flexibility index (Phi) is 3.43. The van der Waals surface area contributed by atoms with E-state index in [0.717, 1.165) is 11.2 Å². The number of aromatic nitrogens is 5. The number of H-pyrrole nitrogens is 1. The quantitative estimate of drug-likeness (QED) is 0.540. The van der Waals surface area contributed by atoms with Crippen LogP contribution < -0.4 is 10.2 Å². The van der Waals surface area contributed by atoms with Crippen LogP contribution in [0.1, 0.15) is 31.4 Å². The van der Waals surface area contributed by atoms with E-state index in [0.29, 0.717) is 30.0 Å². The predicted molar refractivity (Wildman–Crippen MR) is 98.9 cm³/mol. The lowest BCUT2D eigenvalue weighted by molar-refractivity contribution is -0.145. The molecule has 0 amide bonds. The van der Waals surface area contributed by atoms with Crippen LogP contribution in [0.15, 0.2) is 36.7 Å². The molecule has 0 unspecified atom stereocenters. The molecule has 3 aromatic rings. The Labute approximate surface area is 155 Å². The van der Waals surface area contributed by atoms with Gasteiger partial charge in [-0.3, -0.25) is 10.00 Å². The summed E-state index contributed by atoms with van der Waals surface area (Å²) in [6, 6.07) is 5.82. The van der Waals surface area contributed by atoms with E-state index in [4.69, 9.17) is 4.74 Å². The number of morpholine rings is 1. The number of hydrogen-bond acceptors (Lipinski definition) is 7. The van der Waals surface area contributed by atoms with Crippen LogP contribution >= 0.6 is 0 Å². The number of carbonyl (C=O) groups excluding carboxylic acids is 1. The fourth-order valence-corrected chi connectivity index (χ4v) is 3.22. The number of ether oxygens (including phenoxy) is 1. The second kappa shape index (κ2) is 5.83. The third-order valence-electron chi connectivity index (χ3n) is 4.79. The highest BCUT2D eigenvalue weighted by Crippen LogP contribution is 2.39. The molecule has 1 saturated carbocycles. The molecule has 3 aromatic heterocycles. The summed E-state index contributed by atoms with van der Waals surface area (Å²) in [5.41, 5.74) is 2.17. The molecule has 1 atom stereocenters. The minimum atomic E-state index is -0.458. The van der Waals surface area contributed by atoms with Crippen LogP contribution in [0.5, 0.6) is 0 Å². The van der Waals surface area contributed by atoms with Gasteiger partial charge < -0.3 is 10.1 Å². The smallest absolute Gasteiger partial charge is 0.354 e. The zero-order valence-corrected chi connectivity index (χ0v) is 14.8. The fourth-order valence-electron chi connectivity index (χ4n) is 3.22. The van der Waals surface area contributed by atoms with Crippen molar-refractivity contribution in [3.05, 3.63) is 42.4 Å². The summed E-state index contributed by atoms with van der Waals surface area (Å²) >= 11 is 0. The van der Waals surface area contributed by atoms with Crippen LogP contribution in [0.3, 0.4) is 0 Å². The summed E-state index contributed by atoms with van der Waals surface area (Å²) in [6.07, 6.45) is 3.97. The number of rotatable bonds is 4. The third-order valence-corrected chi connectivity index (χ3v) is 4.79. The number of esters is 1. The van der Waals surface area contributed by atoms with E-state index < -0.39 is 5.97 Å². The summed E-state index contributed by atoms with van der Waals surface area (Å²) in [5.74, 6) is 1.83. The number of nitrogens with one attached hydrogen (secondary N) is 2. The minimum Gasteiger partial charge on any atom is -0.456 e. The van der Waals surface area contributed by atoms with Gasteiger partial charge in [0.15, 0.2) is 11.6 Å². The summed E-state index contributed by atoms with van der Waals surface area (Å²) < 4.78 is 6.93. The number of fused-ring (bicyclic) bond motifs is 1. The molecule has 1 aliphatic carbocycles. The number of hydrogen-bond donors (Lipinski definition) is 2. The summed E-state index contributed by atoms with van der Waals surface area (Å²) in [7, 11) is 0. The van der Waals surface area contributed by atoms with E-state index in [1.165, 1.54) is 12.8 Å². The number of nitrogens with zero attached hydrogens (tertiary/aromatic N) is 5. The second-order valence-corrected chi connectivity index (χ2v) is 6.98. The van der Waals surface area contributed by atoms with Gasteiger partial charge in [-0.15, -0.1) is 5.10 Å². The standard InChI is InChI=1S/C18H19N7O2/c1-10-9-24(11(2)17(26)27-10)18-20-16(14-4-3-7-25(14)23-18)19-15-8-13(21-22-15)12-5-6-12/h3-4,7-8,10,12H,2,5-6,9H2,1H3,(H2,19,20,21,22,23)/t10-/m1/s1. The first kappa shape index (κ1) is 15.9. The first-order valence-corrected chi connectivity index (χ1v) is 8.93. The van der Waals surface area contributed by atoms with E-state index in [1.54, 1.807) is 9.42 Å². The van der Waals surface area contributed by atoms with Crippen molar-refractivity contribution in [1.82, 2.24) is 24.8 Å². The van der Waals surface area contributed by atoms with Crippen molar-refractivity contribution in [2.45, 2.75) is 31.8 Å². The molecule has 0 spiro atoms. The van der Waals surface area contributed by atoms with E-state index in [-0.39, 0.29) is 11.8 Å². The van der Waals surface area contributed by atoms with Gasteiger partial charge in [0.05, 0.1) is 6.54 Å². The van der Waals surface area contributed by atoms with Crippen LogP contribution in [0.2, 0.25) is 0 Å². The molecule has 2 N–H and O–H groups in total. The lowest BCUT2D eigenvalue weighted by Gasteiger charge is -2.31. The van der Waals surface area contributed by atoms with Crippen molar-refractivity contribution in [3.63, 3.8) is 0 Å². The van der Waals surface area contributed by atoms with Gasteiger partial charge in [0.1, 0.15) is 17.3 Å². The molecule has 2 fully saturated rings. The first-order chi connectivity index (χ1) is 13.1. The number of carbonyl (C=O) groups is 1. The third kappa shape index (κ3) is 2.80. The SMILES string of the molecule is C=C1C(=O)O[C@H](C)CN1c1nc(Nc2cc(C3CC3)[nH]n2)c2cccn2n1. The van der Waals surface area contributed by atoms with Gasteiger partial charge >= 0.3 is 5.97 Å². The molecule has 9 nitrogen and oxygen atoms in total. The highest BCUT2D eigenvalue weighted by atomic mass is 16.5. The Morgan fingerprint density at radius 3 is 3.07 bits per heavy atom. The van der Waals surface area contributed by atoms with Crippen LogP contribution in [0.25, 0.3) is 5.52 Å². The van der Waals surface area contributed by atoms with Crippen LogP contribution in [0, 0.1) is 0 Å². The zero-order chi connectivity index (χ0) is 18.5. The van der Waals surface area contributed by atoms with Gasteiger partial charge in [-0.1, -0.05) is 6.58 Å². The monoisotopic (exact) mass is 365 g/mol. The number of cyclic esters (lactones) is 1. The van der Waals surface area contributed by atoms with Crippen LogP contribution in [0.4, 0.5) is 17.6 Å². The van der Waals surface area contributed by atoms with Crippen molar-refractivity contribution < 1.29 is 9.53 Å². The maximum atomic E-state index is 12.0. The highest BCUT2D eigenvalue weighted by molar-refractivity contribution is 5.92. The molecule has 1 aliphatic heterocycles. The molecule has 0 aromatic carbocycles. The van der Waals surface area contributed by atoms with E-state index in [9.17, 15) is 4.79 Å². The summed E-state index contributed by atoms with van der Waals surface area (Å²) in [4.78, 5) is 18.3. The molecule has 1 saturated heterocycles. The molecule has 9 heteroatoms. The van der Waals surface area contributed by atoms with Gasteiger partial charge in [-0.2, -0.15) is 10.1 Å². The topological polar surface area (TPSA) is 100 Å². The molecule has 4 heterocycles. The summed E-state index contributed by atoms with van der Waals surface area (Å²) in [6.45, 7) is 6.10. The molecule has 5 rings (SSSR count).